The minimum absolute atomic E-state index is 0.0563. The zero-order valence-electron chi connectivity index (χ0n) is 10.4. The predicted octanol–water partition coefficient (Wildman–Crippen LogP) is 0.854. The smallest absolute Gasteiger partial charge is 0.238 e. The highest BCUT2D eigenvalue weighted by molar-refractivity contribution is 7.91. The van der Waals surface area contributed by atoms with E-state index in [2.05, 4.69) is 9.82 Å². The summed E-state index contributed by atoms with van der Waals surface area (Å²) in [5, 5.41) is 12.9. The Morgan fingerprint density at radius 3 is 2.37 bits per heavy atom. The van der Waals surface area contributed by atoms with Gasteiger partial charge in [0.2, 0.25) is 10.0 Å². The molecule has 0 atom stereocenters. The Morgan fingerprint density at radius 1 is 1.21 bits per heavy atom. The number of aryl methyl sites for hydroxylation is 1. The van der Waals surface area contributed by atoms with Crippen LogP contribution in [0, 0.1) is 0 Å². The zero-order chi connectivity index (χ0) is 13.9. The largest absolute Gasteiger partial charge is 0.392 e. The van der Waals surface area contributed by atoms with E-state index in [1.165, 1.54) is 4.68 Å². The fourth-order valence-corrected chi connectivity index (χ4v) is 2.76. The normalized spacial score (nSPS) is 11.5. The standard InChI is InChI=1S/C12H15N3O3S/c1-15-7-6-12(13-15)14-19(17,18)9-11-4-2-10(8-16)3-5-11/h2-7,16H,8-9H2,1H3,(H,13,14). The Balaban J connectivity index is 2.07. The van der Waals surface area contributed by atoms with Crippen molar-refractivity contribution in [3.05, 3.63) is 47.7 Å². The van der Waals surface area contributed by atoms with Gasteiger partial charge in [-0.15, -0.1) is 0 Å². The molecule has 0 spiro atoms. The molecule has 2 N–H and O–H groups in total. The van der Waals surface area contributed by atoms with Gasteiger partial charge in [0, 0.05) is 19.3 Å². The molecular formula is C12H15N3O3S. The van der Waals surface area contributed by atoms with Gasteiger partial charge < -0.3 is 5.11 Å². The molecule has 2 rings (SSSR count). The van der Waals surface area contributed by atoms with Gasteiger partial charge in [-0.2, -0.15) is 5.10 Å². The van der Waals surface area contributed by atoms with Crippen molar-refractivity contribution in [2.45, 2.75) is 12.4 Å². The van der Waals surface area contributed by atoms with Crippen molar-refractivity contribution in [2.75, 3.05) is 4.72 Å². The van der Waals surface area contributed by atoms with E-state index >= 15 is 0 Å². The average molecular weight is 281 g/mol. The maximum atomic E-state index is 11.9. The Kier molecular flexibility index (Phi) is 3.87. The zero-order valence-corrected chi connectivity index (χ0v) is 11.3. The molecule has 0 fully saturated rings. The van der Waals surface area contributed by atoms with E-state index in [-0.39, 0.29) is 12.4 Å². The number of aliphatic hydroxyl groups is 1. The van der Waals surface area contributed by atoms with Gasteiger partial charge in [0.05, 0.1) is 12.4 Å². The third-order valence-corrected chi connectivity index (χ3v) is 3.77. The fourth-order valence-electron chi connectivity index (χ4n) is 1.63. The highest BCUT2D eigenvalue weighted by atomic mass is 32.2. The van der Waals surface area contributed by atoms with Gasteiger partial charge in [-0.1, -0.05) is 24.3 Å². The lowest BCUT2D eigenvalue weighted by atomic mass is 10.2. The topological polar surface area (TPSA) is 84.2 Å². The second kappa shape index (κ2) is 5.41. The predicted molar refractivity (Wildman–Crippen MR) is 71.8 cm³/mol. The molecule has 0 amide bonds. The molecule has 19 heavy (non-hydrogen) atoms. The molecule has 2 aromatic rings. The molecule has 0 saturated carbocycles. The van der Waals surface area contributed by atoms with Crippen LogP contribution in [0.1, 0.15) is 11.1 Å². The summed E-state index contributed by atoms with van der Waals surface area (Å²) in [6.45, 7) is -0.0563. The molecule has 1 heterocycles. The summed E-state index contributed by atoms with van der Waals surface area (Å²) in [6, 6.07) is 8.36. The number of benzene rings is 1. The fraction of sp³-hybridized carbons (Fsp3) is 0.250. The summed E-state index contributed by atoms with van der Waals surface area (Å²) in [5.41, 5.74) is 1.40. The van der Waals surface area contributed by atoms with E-state index in [9.17, 15) is 8.42 Å². The number of rotatable bonds is 5. The molecule has 102 valence electrons. The second-order valence-corrected chi connectivity index (χ2v) is 5.93. The maximum Gasteiger partial charge on any atom is 0.238 e. The third-order valence-electron chi connectivity index (χ3n) is 2.54. The lowest BCUT2D eigenvalue weighted by Gasteiger charge is -2.06. The SMILES string of the molecule is Cn1ccc(NS(=O)(=O)Cc2ccc(CO)cc2)n1. The van der Waals surface area contributed by atoms with Crippen molar-refractivity contribution in [1.29, 1.82) is 0 Å². The molecule has 0 aliphatic carbocycles. The van der Waals surface area contributed by atoms with Crippen molar-refractivity contribution in [3.8, 4) is 0 Å². The first-order valence-electron chi connectivity index (χ1n) is 5.67. The van der Waals surface area contributed by atoms with Crippen LogP contribution in [-0.2, 0) is 29.4 Å². The molecule has 0 radical (unpaired) electrons. The van der Waals surface area contributed by atoms with Crippen LogP contribution in [0.2, 0.25) is 0 Å². The quantitative estimate of drug-likeness (QED) is 0.851. The Labute approximate surface area is 111 Å². The lowest BCUT2D eigenvalue weighted by molar-refractivity contribution is 0.282. The van der Waals surface area contributed by atoms with Gasteiger partial charge in [0.25, 0.3) is 0 Å². The molecule has 0 aliphatic rings. The monoisotopic (exact) mass is 281 g/mol. The summed E-state index contributed by atoms with van der Waals surface area (Å²) in [6.07, 6.45) is 1.66. The van der Waals surface area contributed by atoms with Crippen molar-refractivity contribution >= 4 is 15.8 Å². The van der Waals surface area contributed by atoms with Crippen molar-refractivity contribution in [2.24, 2.45) is 7.05 Å². The molecule has 0 unspecified atom stereocenters. The molecule has 7 heteroatoms. The van der Waals surface area contributed by atoms with Crippen molar-refractivity contribution < 1.29 is 13.5 Å². The van der Waals surface area contributed by atoms with E-state index in [0.717, 1.165) is 5.56 Å². The van der Waals surface area contributed by atoms with E-state index in [0.29, 0.717) is 11.4 Å². The average Bonchev–Trinajstić information content (AvgIpc) is 2.74. The molecule has 1 aromatic heterocycles. The first kappa shape index (κ1) is 13.6. The van der Waals surface area contributed by atoms with E-state index in [1.54, 1.807) is 43.6 Å². The van der Waals surface area contributed by atoms with Crippen molar-refractivity contribution in [3.63, 3.8) is 0 Å². The molecule has 0 aliphatic heterocycles. The van der Waals surface area contributed by atoms with Gasteiger partial charge >= 0.3 is 0 Å². The van der Waals surface area contributed by atoms with Gasteiger partial charge in [-0.25, -0.2) is 8.42 Å². The maximum absolute atomic E-state index is 11.9. The number of hydrogen-bond donors (Lipinski definition) is 2. The molecular weight excluding hydrogens is 266 g/mol. The number of aliphatic hydroxyl groups excluding tert-OH is 1. The Bertz CT molecular complexity index is 647. The molecule has 1 aromatic carbocycles. The highest BCUT2D eigenvalue weighted by Crippen LogP contribution is 2.11. The number of aromatic nitrogens is 2. The van der Waals surface area contributed by atoms with E-state index in [1.807, 2.05) is 0 Å². The van der Waals surface area contributed by atoms with Crippen LogP contribution < -0.4 is 4.72 Å². The van der Waals surface area contributed by atoms with Crippen LogP contribution in [0.3, 0.4) is 0 Å². The number of anilines is 1. The minimum atomic E-state index is -3.48. The number of nitrogens with zero attached hydrogens (tertiary/aromatic N) is 2. The first-order chi connectivity index (χ1) is 8.98. The van der Waals surface area contributed by atoms with E-state index in [4.69, 9.17) is 5.11 Å². The van der Waals surface area contributed by atoms with Gasteiger partial charge in [0.1, 0.15) is 0 Å². The Hall–Kier alpha value is -1.86. The van der Waals surface area contributed by atoms with Crippen molar-refractivity contribution in [1.82, 2.24) is 9.78 Å². The number of hydrogen-bond acceptors (Lipinski definition) is 4. The van der Waals surface area contributed by atoms with Crippen LogP contribution in [0.5, 0.6) is 0 Å². The van der Waals surface area contributed by atoms with Gasteiger partial charge in [0.15, 0.2) is 5.82 Å². The summed E-state index contributed by atoms with van der Waals surface area (Å²) < 4.78 is 27.8. The number of nitrogens with one attached hydrogen (secondary N) is 1. The summed E-state index contributed by atoms with van der Waals surface area (Å²) in [4.78, 5) is 0. The number of sulfonamides is 1. The molecule has 0 bridgehead atoms. The van der Waals surface area contributed by atoms with Gasteiger partial charge in [-0.3, -0.25) is 9.40 Å². The van der Waals surface area contributed by atoms with Crippen LogP contribution >= 0.6 is 0 Å². The van der Waals surface area contributed by atoms with Gasteiger partial charge in [-0.05, 0) is 11.1 Å². The summed E-state index contributed by atoms with van der Waals surface area (Å²) in [5.74, 6) is 0.171. The van der Waals surface area contributed by atoms with Crippen LogP contribution in [0.15, 0.2) is 36.5 Å². The van der Waals surface area contributed by atoms with Crippen LogP contribution in [-0.4, -0.2) is 23.3 Å². The third kappa shape index (κ3) is 3.80. The second-order valence-electron chi connectivity index (χ2n) is 4.21. The lowest BCUT2D eigenvalue weighted by Crippen LogP contribution is -2.15. The van der Waals surface area contributed by atoms with Crippen LogP contribution in [0.4, 0.5) is 5.82 Å². The summed E-state index contributed by atoms with van der Waals surface area (Å²) in [7, 11) is -1.77. The highest BCUT2D eigenvalue weighted by Gasteiger charge is 2.13. The molecule has 6 nitrogen and oxygen atoms in total. The molecule has 0 saturated heterocycles. The first-order valence-corrected chi connectivity index (χ1v) is 7.32. The minimum Gasteiger partial charge on any atom is -0.392 e. The summed E-state index contributed by atoms with van der Waals surface area (Å²) >= 11 is 0. The Morgan fingerprint density at radius 2 is 1.84 bits per heavy atom. The van der Waals surface area contributed by atoms with Crippen LogP contribution in [0.25, 0.3) is 0 Å². The van der Waals surface area contributed by atoms with E-state index < -0.39 is 10.0 Å².